The fourth-order valence-electron chi connectivity index (χ4n) is 2.95. The molecule has 166 valence electrons. The first-order valence-corrected chi connectivity index (χ1v) is 10.5. The number of anilines is 1. The number of carbonyl (C=O) groups excluding carboxylic acids is 1. The Balaban J connectivity index is 1.46. The first-order chi connectivity index (χ1) is 15.4. The lowest BCUT2D eigenvalue weighted by molar-refractivity contribution is -0.121. The molecule has 0 saturated carbocycles. The number of aryl methyl sites for hydroxylation is 1. The third-order valence-electron chi connectivity index (χ3n) is 4.58. The van der Waals surface area contributed by atoms with Gasteiger partial charge < -0.3 is 15.8 Å². The molecule has 1 amide bonds. The maximum atomic E-state index is 13.2. The molecule has 3 N–H and O–H groups in total. The molecule has 0 aliphatic heterocycles. The second-order valence-corrected chi connectivity index (χ2v) is 7.65. The lowest BCUT2D eigenvalue weighted by atomic mass is 10.1. The molecule has 0 spiro atoms. The van der Waals surface area contributed by atoms with Crippen LogP contribution in [0.5, 0.6) is 5.75 Å². The van der Waals surface area contributed by atoms with E-state index in [9.17, 15) is 14.4 Å². The summed E-state index contributed by atoms with van der Waals surface area (Å²) in [4.78, 5) is 12.0. The van der Waals surface area contributed by atoms with Crippen LogP contribution in [0.25, 0.3) is 5.69 Å². The second-order valence-electron chi connectivity index (χ2n) is 6.83. The van der Waals surface area contributed by atoms with Crippen LogP contribution >= 0.6 is 23.2 Å². The van der Waals surface area contributed by atoms with Crippen molar-refractivity contribution >= 4 is 34.9 Å². The van der Waals surface area contributed by atoms with Crippen LogP contribution in [0.2, 0.25) is 10.0 Å². The minimum Gasteiger partial charge on any atom is -0.493 e. The highest BCUT2D eigenvalue weighted by atomic mass is 35.5. The van der Waals surface area contributed by atoms with Crippen LogP contribution in [0.1, 0.15) is 24.1 Å². The van der Waals surface area contributed by atoms with Gasteiger partial charge in [-0.15, -0.1) is 0 Å². The van der Waals surface area contributed by atoms with Crippen molar-refractivity contribution in [2.45, 2.75) is 19.3 Å². The van der Waals surface area contributed by atoms with Crippen molar-refractivity contribution < 1.29 is 13.9 Å². The zero-order valence-electron chi connectivity index (χ0n) is 16.9. The summed E-state index contributed by atoms with van der Waals surface area (Å²) in [7, 11) is 0. The number of aromatic nitrogens is 2. The molecule has 7 nitrogen and oxygen atoms in total. The first kappa shape index (κ1) is 23.4. The molecule has 2 aromatic carbocycles. The number of nitriles is 1. The zero-order chi connectivity index (χ0) is 23.1. The third kappa shape index (κ3) is 5.90. The normalized spacial score (nSPS) is 10.6. The van der Waals surface area contributed by atoms with Crippen molar-refractivity contribution in [3.63, 3.8) is 0 Å². The van der Waals surface area contributed by atoms with Crippen molar-refractivity contribution in [1.29, 1.82) is 5.26 Å². The Morgan fingerprint density at radius 3 is 2.66 bits per heavy atom. The minimum absolute atomic E-state index is 0.165. The van der Waals surface area contributed by atoms with E-state index in [1.54, 1.807) is 18.2 Å². The SMILES string of the molecule is N#Cc1c(CCCNC(=O)CCOc2ccc(Cl)c(Cl)c2)nn(-c2ccc(F)cc2)c1N. The Morgan fingerprint density at radius 2 is 1.97 bits per heavy atom. The number of rotatable bonds is 9. The van der Waals surface area contributed by atoms with E-state index in [-0.39, 0.29) is 36.1 Å². The van der Waals surface area contributed by atoms with Crippen LogP contribution in [0.15, 0.2) is 42.5 Å². The highest BCUT2D eigenvalue weighted by Crippen LogP contribution is 2.26. The van der Waals surface area contributed by atoms with Gasteiger partial charge in [-0.2, -0.15) is 10.4 Å². The number of nitrogen functional groups attached to an aromatic ring is 1. The summed E-state index contributed by atoms with van der Waals surface area (Å²) in [6.07, 6.45) is 1.19. The topological polar surface area (TPSA) is 106 Å². The van der Waals surface area contributed by atoms with Crippen molar-refractivity contribution in [2.24, 2.45) is 0 Å². The van der Waals surface area contributed by atoms with E-state index in [1.165, 1.54) is 28.9 Å². The van der Waals surface area contributed by atoms with E-state index in [2.05, 4.69) is 16.5 Å². The molecule has 0 bridgehead atoms. The third-order valence-corrected chi connectivity index (χ3v) is 5.32. The van der Waals surface area contributed by atoms with E-state index in [0.717, 1.165) is 0 Å². The standard InChI is InChI=1S/C22H20Cl2FN5O2/c23-18-8-7-16(12-19(18)24)32-11-9-21(31)28-10-1-2-20-17(13-26)22(27)30(29-20)15-5-3-14(25)4-6-15/h3-8,12H,1-2,9-11,27H2,(H,28,31). The van der Waals surface area contributed by atoms with Crippen LogP contribution in [-0.4, -0.2) is 28.8 Å². The van der Waals surface area contributed by atoms with Gasteiger partial charge in [-0.25, -0.2) is 9.07 Å². The number of hydrogen-bond donors (Lipinski definition) is 2. The van der Waals surface area contributed by atoms with Crippen LogP contribution in [0.4, 0.5) is 10.2 Å². The molecule has 0 aliphatic carbocycles. The predicted octanol–water partition coefficient (Wildman–Crippen LogP) is 4.29. The molecule has 0 fully saturated rings. The number of halogens is 3. The average Bonchev–Trinajstić information content (AvgIpc) is 3.09. The van der Waals surface area contributed by atoms with Gasteiger partial charge in [-0.05, 0) is 49.2 Å². The van der Waals surface area contributed by atoms with Gasteiger partial charge in [0.05, 0.1) is 34.5 Å². The highest BCUT2D eigenvalue weighted by molar-refractivity contribution is 6.42. The summed E-state index contributed by atoms with van der Waals surface area (Å²) >= 11 is 11.8. The zero-order valence-corrected chi connectivity index (χ0v) is 18.5. The summed E-state index contributed by atoms with van der Waals surface area (Å²) in [5, 5.41) is 17.4. The number of benzene rings is 2. The molecule has 1 aromatic heterocycles. The minimum atomic E-state index is -0.377. The quantitative estimate of drug-likeness (QED) is 0.449. The van der Waals surface area contributed by atoms with Crippen molar-refractivity contribution in [3.8, 4) is 17.5 Å². The molecule has 1 heterocycles. The van der Waals surface area contributed by atoms with Crippen molar-refractivity contribution in [1.82, 2.24) is 15.1 Å². The highest BCUT2D eigenvalue weighted by Gasteiger charge is 2.16. The molecular weight excluding hydrogens is 456 g/mol. The van der Waals surface area contributed by atoms with Gasteiger partial charge in [0.15, 0.2) is 0 Å². The van der Waals surface area contributed by atoms with Crippen molar-refractivity contribution in [3.05, 3.63) is 69.6 Å². The second kappa shape index (κ2) is 10.8. The number of nitrogens with zero attached hydrogens (tertiary/aromatic N) is 3. The van der Waals surface area contributed by atoms with E-state index >= 15 is 0 Å². The Hall–Kier alpha value is -3.28. The number of nitrogens with two attached hydrogens (primary N) is 1. The Kier molecular flexibility index (Phi) is 7.92. The Labute approximate surface area is 194 Å². The summed E-state index contributed by atoms with van der Waals surface area (Å²) in [5.41, 5.74) is 7.39. The average molecular weight is 476 g/mol. The van der Waals surface area contributed by atoms with Gasteiger partial charge in [-0.1, -0.05) is 23.2 Å². The largest absolute Gasteiger partial charge is 0.493 e. The van der Waals surface area contributed by atoms with Gasteiger partial charge in [-0.3, -0.25) is 4.79 Å². The van der Waals surface area contributed by atoms with Gasteiger partial charge in [0.1, 0.15) is 29.0 Å². The molecule has 10 heteroatoms. The predicted molar refractivity (Wildman–Crippen MR) is 121 cm³/mol. The van der Waals surface area contributed by atoms with E-state index in [0.29, 0.717) is 46.6 Å². The molecule has 0 unspecified atom stereocenters. The lowest BCUT2D eigenvalue weighted by Gasteiger charge is -2.08. The van der Waals surface area contributed by atoms with Crippen LogP contribution in [-0.2, 0) is 11.2 Å². The summed E-state index contributed by atoms with van der Waals surface area (Å²) in [6.45, 7) is 0.598. The number of ether oxygens (including phenoxy) is 1. The molecule has 3 rings (SSSR count). The van der Waals surface area contributed by atoms with Gasteiger partial charge in [0.25, 0.3) is 0 Å². The number of carbonyl (C=O) groups is 1. The number of hydrogen-bond acceptors (Lipinski definition) is 5. The van der Waals surface area contributed by atoms with Crippen LogP contribution < -0.4 is 15.8 Å². The smallest absolute Gasteiger partial charge is 0.223 e. The van der Waals surface area contributed by atoms with Crippen LogP contribution in [0, 0.1) is 17.1 Å². The fraction of sp³-hybridized carbons (Fsp3) is 0.227. The Bertz CT molecular complexity index is 1140. The van der Waals surface area contributed by atoms with Gasteiger partial charge >= 0.3 is 0 Å². The maximum absolute atomic E-state index is 13.2. The molecule has 0 saturated heterocycles. The summed E-state index contributed by atoms with van der Waals surface area (Å²) in [5.74, 6) is 0.184. The van der Waals surface area contributed by atoms with Gasteiger partial charge in [0.2, 0.25) is 5.91 Å². The fourth-order valence-corrected chi connectivity index (χ4v) is 3.24. The Morgan fingerprint density at radius 1 is 1.22 bits per heavy atom. The molecule has 3 aromatic rings. The van der Waals surface area contributed by atoms with E-state index in [4.69, 9.17) is 33.7 Å². The first-order valence-electron chi connectivity index (χ1n) is 9.77. The summed E-state index contributed by atoms with van der Waals surface area (Å²) in [6, 6.07) is 12.6. The molecule has 0 atom stereocenters. The molecule has 0 radical (unpaired) electrons. The summed E-state index contributed by atoms with van der Waals surface area (Å²) < 4.78 is 20.1. The number of nitrogens with one attached hydrogen (secondary N) is 1. The lowest BCUT2D eigenvalue weighted by Crippen LogP contribution is -2.26. The van der Waals surface area contributed by atoms with Crippen LogP contribution in [0.3, 0.4) is 0 Å². The molecule has 32 heavy (non-hydrogen) atoms. The molecule has 0 aliphatic rings. The number of amides is 1. The van der Waals surface area contributed by atoms with E-state index < -0.39 is 0 Å². The van der Waals surface area contributed by atoms with Crippen molar-refractivity contribution in [2.75, 3.05) is 18.9 Å². The maximum Gasteiger partial charge on any atom is 0.223 e. The van der Waals surface area contributed by atoms with E-state index in [1.807, 2.05) is 0 Å². The molecular formula is C22H20Cl2FN5O2. The van der Waals surface area contributed by atoms with Gasteiger partial charge in [0, 0.05) is 12.6 Å². The monoisotopic (exact) mass is 475 g/mol.